The van der Waals surface area contributed by atoms with Crippen molar-refractivity contribution >= 4 is 5.95 Å². The summed E-state index contributed by atoms with van der Waals surface area (Å²) in [5, 5.41) is 11.8. The quantitative estimate of drug-likeness (QED) is 0.662. The van der Waals surface area contributed by atoms with Crippen LogP contribution in [0.3, 0.4) is 0 Å². The molecule has 0 amide bonds. The summed E-state index contributed by atoms with van der Waals surface area (Å²) in [6.45, 7) is 3.92. The van der Waals surface area contributed by atoms with Crippen LogP contribution in [0.4, 0.5) is 5.95 Å². The average molecular weight is 380 g/mol. The van der Waals surface area contributed by atoms with Gasteiger partial charge in [-0.15, -0.1) is 10.2 Å². The van der Waals surface area contributed by atoms with Gasteiger partial charge in [0.15, 0.2) is 11.5 Å². The highest BCUT2D eigenvalue weighted by Crippen LogP contribution is 2.41. The van der Waals surface area contributed by atoms with E-state index in [-0.39, 0.29) is 6.04 Å². The maximum Gasteiger partial charge on any atom is 0.243 e. The Morgan fingerprint density at radius 1 is 0.893 bits per heavy atom. The van der Waals surface area contributed by atoms with E-state index in [4.69, 9.17) is 14.2 Å². The number of aryl methyl sites for hydroxylation is 1. The van der Waals surface area contributed by atoms with Crippen molar-refractivity contribution in [2.24, 2.45) is 0 Å². The van der Waals surface area contributed by atoms with Crippen molar-refractivity contribution < 1.29 is 14.2 Å². The Morgan fingerprint density at radius 3 is 2.11 bits per heavy atom. The third kappa shape index (κ3) is 3.98. The summed E-state index contributed by atoms with van der Waals surface area (Å²) < 4.78 is 16.3. The molecule has 146 valence electrons. The van der Waals surface area contributed by atoms with Crippen molar-refractivity contribution in [3.8, 4) is 28.5 Å². The Hall–Kier alpha value is -3.35. The third-order valence-electron chi connectivity index (χ3n) is 4.44. The SMILES string of the molecule is COc1cc(-c2nc(NC(C)c3ccccc3)nnc2C)cc(OC)c1OC. The molecule has 7 heteroatoms. The summed E-state index contributed by atoms with van der Waals surface area (Å²) in [5.41, 5.74) is 3.34. The summed E-state index contributed by atoms with van der Waals surface area (Å²) >= 11 is 0. The number of nitrogens with one attached hydrogen (secondary N) is 1. The number of methoxy groups -OCH3 is 3. The van der Waals surface area contributed by atoms with E-state index in [0.717, 1.165) is 11.1 Å². The number of rotatable bonds is 7. The molecule has 0 aliphatic carbocycles. The molecule has 0 spiro atoms. The number of anilines is 1. The molecule has 1 N–H and O–H groups in total. The zero-order valence-electron chi connectivity index (χ0n) is 16.7. The molecule has 0 fully saturated rings. The second-order valence-corrected chi connectivity index (χ2v) is 6.26. The van der Waals surface area contributed by atoms with E-state index < -0.39 is 0 Å². The van der Waals surface area contributed by atoms with Gasteiger partial charge >= 0.3 is 0 Å². The van der Waals surface area contributed by atoms with Gasteiger partial charge in [-0.25, -0.2) is 4.98 Å². The van der Waals surface area contributed by atoms with Crippen molar-refractivity contribution in [3.05, 3.63) is 53.7 Å². The standard InChI is InChI=1S/C21H24N4O3/c1-13(15-9-7-6-8-10-15)22-21-23-19(14(2)24-25-21)16-11-17(26-3)20(28-5)18(12-16)27-4/h6-13H,1-5H3,(H,22,23,25). The van der Waals surface area contributed by atoms with Crippen LogP contribution >= 0.6 is 0 Å². The van der Waals surface area contributed by atoms with Gasteiger partial charge in [0.05, 0.1) is 38.8 Å². The van der Waals surface area contributed by atoms with Crippen LogP contribution < -0.4 is 19.5 Å². The first-order valence-electron chi connectivity index (χ1n) is 8.90. The monoisotopic (exact) mass is 380 g/mol. The molecular weight excluding hydrogens is 356 g/mol. The zero-order valence-corrected chi connectivity index (χ0v) is 16.7. The van der Waals surface area contributed by atoms with Gasteiger partial charge in [0.1, 0.15) is 0 Å². The molecule has 3 aromatic rings. The molecule has 1 unspecified atom stereocenters. The first-order valence-corrected chi connectivity index (χ1v) is 8.90. The second kappa shape index (κ2) is 8.56. The molecule has 0 aliphatic heterocycles. The van der Waals surface area contributed by atoms with Crippen LogP contribution in [0.15, 0.2) is 42.5 Å². The second-order valence-electron chi connectivity index (χ2n) is 6.26. The zero-order chi connectivity index (χ0) is 20.1. The van der Waals surface area contributed by atoms with Crippen LogP contribution in [-0.4, -0.2) is 36.5 Å². The predicted octanol–water partition coefficient (Wildman–Crippen LogP) is 4.05. The molecule has 1 heterocycles. The fraction of sp³-hybridized carbons (Fsp3) is 0.286. The fourth-order valence-corrected chi connectivity index (χ4v) is 2.95. The number of hydrogen-bond acceptors (Lipinski definition) is 7. The minimum absolute atomic E-state index is 0.0403. The van der Waals surface area contributed by atoms with Crippen LogP contribution in [0.1, 0.15) is 24.2 Å². The van der Waals surface area contributed by atoms with Gasteiger partial charge in [-0.05, 0) is 31.5 Å². The number of hydrogen-bond donors (Lipinski definition) is 1. The van der Waals surface area contributed by atoms with Crippen LogP contribution in [0.5, 0.6) is 17.2 Å². The van der Waals surface area contributed by atoms with Crippen LogP contribution in [0, 0.1) is 6.92 Å². The van der Waals surface area contributed by atoms with E-state index in [1.807, 2.05) is 37.3 Å². The molecule has 3 rings (SSSR count). The molecule has 0 radical (unpaired) electrons. The molecular formula is C21H24N4O3. The number of ether oxygens (including phenoxy) is 3. The maximum atomic E-state index is 5.45. The maximum absolute atomic E-state index is 5.45. The van der Waals surface area contributed by atoms with Gasteiger partial charge in [0.25, 0.3) is 0 Å². The Kier molecular flexibility index (Phi) is 5.93. The summed E-state index contributed by atoms with van der Waals surface area (Å²) in [4.78, 5) is 4.68. The molecule has 1 aromatic heterocycles. The lowest BCUT2D eigenvalue weighted by molar-refractivity contribution is 0.324. The summed E-state index contributed by atoms with van der Waals surface area (Å²) in [7, 11) is 4.74. The number of aromatic nitrogens is 3. The summed E-state index contributed by atoms with van der Waals surface area (Å²) in [6, 6.07) is 13.8. The van der Waals surface area contributed by atoms with Crippen molar-refractivity contribution in [1.29, 1.82) is 0 Å². The normalized spacial score (nSPS) is 11.6. The number of benzene rings is 2. The van der Waals surface area contributed by atoms with E-state index in [2.05, 4.69) is 39.6 Å². The lowest BCUT2D eigenvalue weighted by atomic mass is 10.1. The molecule has 0 bridgehead atoms. The molecule has 0 saturated carbocycles. The first kappa shape index (κ1) is 19.4. The predicted molar refractivity (Wildman–Crippen MR) is 108 cm³/mol. The van der Waals surface area contributed by atoms with Gasteiger partial charge in [0, 0.05) is 5.56 Å². The van der Waals surface area contributed by atoms with E-state index in [1.165, 1.54) is 0 Å². The van der Waals surface area contributed by atoms with Crippen molar-refractivity contribution in [2.75, 3.05) is 26.6 Å². The van der Waals surface area contributed by atoms with Crippen LogP contribution in [0.25, 0.3) is 11.3 Å². The summed E-state index contributed by atoms with van der Waals surface area (Å²) in [6.07, 6.45) is 0. The lowest BCUT2D eigenvalue weighted by Gasteiger charge is -2.16. The van der Waals surface area contributed by atoms with Crippen molar-refractivity contribution in [3.63, 3.8) is 0 Å². The highest BCUT2D eigenvalue weighted by atomic mass is 16.5. The third-order valence-corrected chi connectivity index (χ3v) is 4.44. The van der Waals surface area contributed by atoms with Gasteiger partial charge in [0.2, 0.25) is 11.7 Å². The molecule has 0 aliphatic rings. The minimum atomic E-state index is 0.0403. The van der Waals surface area contributed by atoms with Gasteiger partial charge in [-0.2, -0.15) is 0 Å². The van der Waals surface area contributed by atoms with Crippen LogP contribution in [-0.2, 0) is 0 Å². The largest absolute Gasteiger partial charge is 0.493 e. The van der Waals surface area contributed by atoms with E-state index in [9.17, 15) is 0 Å². The average Bonchev–Trinajstić information content (AvgIpc) is 2.74. The topological polar surface area (TPSA) is 78.4 Å². The van der Waals surface area contributed by atoms with E-state index in [1.54, 1.807) is 21.3 Å². The smallest absolute Gasteiger partial charge is 0.243 e. The van der Waals surface area contributed by atoms with Crippen molar-refractivity contribution in [1.82, 2.24) is 15.2 Å². The Morgan fingerprint density at radius 2 is 1.54 bits per heavy atom. The lowest BCUT2D eigenvalue weighted by Crippen LogP contribution is -2.11. The molecule has 7 nitrogen and oxygen atoms in total. The molecule has 28 heavy (non-hydrogen) atoms. The van der Waals surface area contributed by atoms with Gasteiger partial charge in [-0.3, -0.25) is 0 Å². The molecule has 1 atom stereocenters. The highest BCUT2D eigenvalue weighted by molar-refractivity contribution is 5.70. The highest BCUT2D eigenvalue weighted by Gasteiger charge is 2.17. The fourth-order valence-electron chi connectivity index (χ4n) is 2.95. The minimum Gasteiger partial charge on any atom is -0.493 e. The van der Waals surface area contributed by atoms with E-state index in [0.29, 0.717) is 34.6 Å². The Labute approximate surface area is 164 Å². The van der Waals surface area contributed by atoms with Gasteiger partial charge < -0.3 is 19.5 Å². The van der Waals surface area contributed by atoms with E-state index >= 15 is 0 Å². The molecule has 0 saturated heterocycles. The Bertz CT molecular complexity index is 923. The number of nitrogens with zero attached hydrogens (tertiary/aromatic N) is 3. The van der Waals surface area contributed by atoms with Gasteiger partial charge in [-0.1, -0.05) is 30.3 Å². The van der Waals surface area contributed by atoms with Crippen LogP contribution in [0.2, 0.25) is 0 Å². The first-order chi connectivity index (χ1) is 13.6. The summed E-state index contributed by atoms with van der Waals surface area (Å²) in [5.74, 6) is 2.10. The van der Waals surface area contributed by atoms with Crippen molar-refractivity contribution in [2.45, 2.75) is 19.9 Å². The molecule has 2 aromatic carbocycles. The Balaban J connectivity index is 1.98.